The van der Waals surface area contributed by atoms with Crippen LogP contribution in [0.3, 0.4) is 0 Å². The van der Waals surface area contributed by atoms with Crippen molar-refractivity contribution >= 4 is 11.6 Å². The molecule has 5 heteroatoms. The summed E-state index contributed by atoms with van der Waals surface area (Å²) in [6.45, 7) is -0.126. The lowest BCUT2D eigenvalue weighted by Crippen LogP contribution is -1.84. The van der Waals surface area contributed by atoms with Crippen LogP contribution < -0.4 is 0 Å². The molecule has 14 heavy (non-hydrogen) atoms. The first-order valence-electron chi connectivity index (χ1n) is 3.98. The van der Waals surface area contributed by atoms with Crippen LogP contribution in [-0.2, 0) is 6.61 Å². The molecule has 2 aromatic heterocycles. The molecule has 0 radical (unpaired) electrons. The third-order valence-corrected chi connectivity index (χ3v) is 1.88. The summed E-state index contributed by atoms with van der Waals surface area (Å²) < 4.78 is 5.27. The summed E-state index contributed by atoms with van der Waals surface area (Å²) in [6.07, 6.45) is 1.55. The fourth-order valence-electron chi connectivity index (χ4n) is 1.07. The zero-order valence-electron chi connectivity index (χ0n) is 7.14. The highest BCUT2D eigenvalue weighted by atomic mass is 35.5. The lowest BCUT2D eigenvalue weighted by atomic mass is 10.3. The predicted molar refractivity (Wildman–Crippen MR) is 50.7 cm³/mol. The second kappa shape index (κ2) is 3.77. The molecule has 0 aromatic carbocycles. The fourth-order valence-corrected chi connectivity index (χ4v) is 1.22. The van der Waals surface area contributed by atoms with Crippen molar-refractivity contribution < 1.29 is 9.52 Å². The second-order valence-electron chi connectivity index (χ2n) is 2.63. The molecule has 0 aliphatic rings. The van der Waals surface area contributed by atoms with Crippen LogP contribution in [0.4, 0.5) is 0 Å². The van der Waals surface area contributed by atoms with Gasteiger partial charge >= 0.3 is 0 Å². The molecule has 0 spiro atoms. The van der Waals surface area contributed by atoms with Gasteiger partial charge in [0.05, 0.1) is 0 Å². The number of hydrogen-bond acceptors (Lipinski definition) is 4. The summed E-state index contributed by atoms with van der Waals surface area (Å²) in [5.41, 5.74) is 0.602. The maximum Gasteiger partial charge on any atom is 0.222 e. The van der Waals surface area contributed by atoms with Crippen LogP contribution in [-0.4, -0.2) is 15.1 Å². The normalized spacial score (nSPS) is 10.4. The van der Waals surface area contributed by atoms with Crippen LogP contribution in [0.25, 0.3) is 11.5 Å². The van der Waals surface area contributed by atoms with E-state index in [1.54, 1.807) is 24.4 Å². The van der Waals surface area contributed by atoms with Gasteiger partial charge in [-0.15, -0.1) is 0 Å². The van der Waals surface area contributed by atoms with Crippen LogP contribution in [0.15, 0.2) is 28.8 Å². The minimum Gasteiger partial charge on any atom is -0.457 e. The van der Waals surface area contributed by atoms with Gasteiger partial charge in [0.25, 0.3) is 0 Å². The summed E-state index contributed by atoms with van der Waals surface area (Å²) >= 11 is 5.62. The van der Waals surface area contributed by atoms with Crippen molar-refractivity contribution in [3.63, 3.8) is 0 Å². The number of halogens is 1. The first-order valence-corrected chi connectivity index (χ1v) is 4.36. The van der Waals surface area contributed by atoms with Crippen molar-refractivity contribution in [2.24, 2.45) is 0 Å². The number of nitrogens with zero attached hydrogens (tertiary/aromatic N) is 2. The van der Waals surface area contributed by atoms with Gasteiger partial charge in [0, 0.05) is 6.20 Å². The highest BCUT2D eigenvalue weighted by molar-refractivity contribution is 6.28. The minimum atomic E-state index is -0.126. The van der Waals surface area contributed by atoms with E-state index in [2.05, 4.69) is 9.97 Å². The lowest BCUT2D eigenvalue weighted by Gasteiger charge is -1.95. The SMILES string of the molecule is OCc1ccc(-c2ccnc(Cl)n2)o1. The second-order valence-corrected chi connectivity index (χ2v) is 2.97. The average molecular weight is 211 g/mol. The number of hydrogen-bond donors (Lipinski definition) is 1. The number of furan rings is 1. The Hall–Kier alpha value is -1.39. The van der Waals surface area contributed by atoms with Crippen LogP contribution in [0.1, 0.15) is 5.76 Å². The smallest absolute Gasteiger partial charge is 0.222 e. The van der Waals surface area contributed by atoms with E-state index in [9.17, 15) is 0 Å². The van der Waals surface area contributed by atoms with Gasteiger partial charge in [0.2, 0.25) is 5.28 Å². The highest BCUT2D eigenvalue weighted by Crippen LogP contribution is 2.20. The van der Waals surface area contributed by atoms with E-state index in [0.717, 1.165) is 0 Å². The number of aromatic nitrogens is 2. The van der Waals surface area contributed by atoms with Crippen LogP contribution >= 0.6 is 11.6 Å². The molecule has 0 aliphatic heterocycles. The van der Waals surface area contributed by atoms with Crippen LogP contribution in [0, 0.1) is 0 Å². The Morgan fingerprint density at radius 3 is 2.86 bits per heavy atom. The summed E-state index contributed by atoms with van der Waals surface area (Å²) in [5.74, 6) is 1.06. The van der Waals surface area contributed by atoms with Gasteiger partial charge in [0.1, 0.15) is 18.1 Å². The molecular formula is C9H7ClN2O2. The maximum atomic E-state index is 8.80. The molecule has 0 atom stereocenters. The highest BCUT2D eigenvalue weighted by Gasteiger charge is 2.05. The average Bonchev–Trinajstić information content (AvgIpc) is 2.66. The molecule has 2 heterocycles. The maximum absolute atomic E-state index is 8.80. The zero-order chi connectivity index (χ0) is 9.97. The fraction of sp³-hybridized carbons (Fsp3) is 0.111. The molecule has 0 aliphatic carbocycles. The Labute approximate surface area is 85.2 Å². The van der Waals surface area contributed by atoms with Gasteiger partial charge in [-0.2, -0.15) is 0 Å². The van der Waals surface area contributed by atoms with E-state index in [-0.39, 0.29) is 11.9 Å². The summed E-state index contributed by atoms with van der Waals surface area (Å²) in [5, 5.41) is 8.97. The third-order valence-electron chi connectivity index (χ3n) is 1.70. The van der Waals surface area contributed by atoms with Gasteiger partial charge in [-0.05, 0) is 29.8 Å². The van der Waals surface area contributed by atoms with Crippen molar-refractivity contribution in [3.05, 3.63) is 35.4 Å². The van der Waals surface area contributed by atoms with Crippen molar-refractivity contribution in [2.75, 3.05) is 0 Å². The first-order chi connectivity index (χ1) is 6.79. The Bertz CT molecular complexity index is 442. The number of aliphatic hydroxyl groups excluding tert-OH is 1. The van der Waals surface area contributed by atoms with Gasteiger partial charge in [-0.1, -0.05) is 0 Å². The molecular weight excluding hydrogens is 204 g/mol. The molecule has 72 valence electrons. The Morgan fingerprint density at radius 1 is 1.36 bits per heavy atom. The first kappa shape index (κ1) is 9.18. The zero-order valence-corrected chi connectivity index (χ0v) is 7.90. The van der Waals surface area contributed by atoms with Crippen molar-refractivity contribution in [1.29, 1.82) is 0 Å². The van der Waals surface area contributed by atoms with E-state index in [1.165, 1.54) is 0 Å². The van der Waals surface area contributed by atoms with Gasteiger partial charge in [0.15, 0.2) is 5.76 Å². The van der Waals surface area contributed by atoms with Crippen LogP contribution in [0.5, 0.6) is 0 Å². The van der Waals surface area contributed by atoms with Crippen LogP contribution in [0.2, 0.25) is 5.28 Å². The molecule has 2 rings (SSSR count). The molecule has 2 aromatic rings. The molecule has 0 bridgehead atoms. The largest absolute Gasteiger partial charge is 0.457 e. The van der Waals surface area contributed by atoms with E-state index >= 15 is 0 Å². The van der Waals surface area contributed by atoms with Crippen molar-refractivity contribution in [1.82, 2.24) is 9.97 Å². The molecule has 1 N–H and O–H groups in total. The Morgan fingerprint density at radius 2 is 2.21 bits per heavy atom. The third kappa shape index (κ3) is 1.76. The molecule has 0 fully saturated rings. The van der Waals surface area contributed by atoms with Crippen molar-refractivity contribution in [2.45, 2.75) is 6.61 Å². The Balaban J connectivity index is 2.39. The predicted octanol–water partition coefficient (Wildman–Crippen LogP) is 1.88. The van der Waals surface area contributed by atoms with E-state index in [0.29, 0.717) is 17.2 Å². The van der Waals surface area contributed by atoms with Gasteiger partial charge < -0.3 is 9.52 Å². The minimum absolute atomic E-state index is 0.126. The van der Waals surface area contributed by atoms with Crippen molar-refractivity contribution in [3.8, 4) is 11.5 Å². The Kier molecular flexibility index (Phi) is 2.47. The molecule has 0 saturated heterocycles. The summed E-state index contributed by atoms with van der Waals surface area (Å²) in [6, 6.07) is 5.10. The molecule has 0 amide bonds. The summed E-state index contributed by atoms with van der Waals surface area (Å²) in [7, 11) is 0. The topological polar surface area (TPSA) is 59.2 Å². The van der Waals surface area contributed by atoms with E-state index < -0.39 is 0 Å². The lowest BCUT2D eigenvalue weighted by molar-refractivity contribution is 0.248. The van der Waals surface area contributed by atoms with E-state index in [1.807, 2.05) is 0 Å². The quantitative estimate of drug-likeness (QED) is 0.769. The van der Waals surface area contributed by atoms with Gasteiger partial charge in [-0.3, -0.25) is 0 Å². The standard InChI is InChI=1S/C9H7ClN2O2/c10-9-11-4-3-7(12-9)8-2-1-6(5-13)14-8/h1-4,13H,5H2. The van der Waals surface area contributed by atoms with Gasteiger partial charge in [-0.25, -0.2) is 9.97 Å². The molecule has 4 nitrogen and oxygen atoms in total. The number of aliphatic hydroxyl groups is 1. The number of rotatable bonds is 2. The summed E-state index contributed by atoms with van der Waals surface area (Å²) in [4.78, 5) is 7.73. The molecule has 0 unspecified atom stereocenters. The molecule has 0 saturated carbocycles. The van der Waals surface area contributed by atoms with E-state index in [4.69, 9.17) is 21.1 Å². The monoisotopic (exact) mass is 210 g/mol.